The van der Waals surface area contributed by atoms with E-state index in [1.807, 2.05) is 7.11 Å². The van der Waals surface area contributed by atoms with Crippen LogP contribution in [0.3, 0.4) is 0 Å². The number of sulfonamides is 1. The number of fused-ring (bicyclic) bond motifs is 1. The number of carbonyl (C=O) groups excluding carboxylic acids is 1. The van der Waals surface area contributed by atoms with Crippen molar-refractivity contribution in [2.45, 2.75) is 92.5 Å². The molecule has 3 N–H and O–H groups in total. The van der Waals surface area contributed by atoms with Crippen LogP contribution in [0.15, 0.2) is 0 Å². The van der Waals surface area contributed by atoms with Gasteiger partial charge in [0.15, 0.2) is 0 Å². The second-order valence-electron chi connectivity index (χ2n) is 10.8. The number of nitrogens with zero attached hydrogens (tertiary/aromatic N) is 1. The first-order valence-electron chi connectivity index (χ1n) is 12.8. The fraction of sp³-hybridized carbons (Fsp3) is 0.957. The Morgan fingerprint density at radius 1 is 1.09 bits per heavy atom. The van der Waals surface area contributed by atoms with Crippen molar-refractivity contribution >= 4 is 27.7 Å². The van der Waals surface area contributed by atoms with Gasteiger partial charge in [-0.2, -0.15) is 4.31 Å². The number of nitrogens with one attached hydrogen (secondary N) is 3. The first-order chi connectivity index (χ1) is 15.9. The Morgan fingerprint density at radius 3 is 2.58 bits per heavy atom. The van der Waals surface area contributed by atoms with Gasteiger partial charge in [0.2, 0.25) is 15.9 Å². The maximum absolute atomic E-state index is 13.4. The Bertz CT molecular complexity index is 809. The van der Waals surface area contributed by atoms with E-state index in [2.05, 4.69) is 22.9 Å². The Labute approximate surface area is 202 Å². The maximum atomic E-state index is 13.4. The Morgan fingerprint density at radius 2 is 1.88 bits per heavy atom. The van der Waals surface area contributed by atoms with Gasteiger partial charge in [0.1, 0.15) is 5.50 Å². The van der Waals surface area contributed by atoms with Crippen LogP contribution >= 0.6 is 11.8 Å². The van der Waals surface area contributed by atoms with Crippen molar-refractivity contribution in [1.29, 1.82) is 0 Å². The monoisotopic (exact) mass is 500 g/mol. The van der Waals surface area contributed by atoms with Crippen LogP contribution in [-0.4, -0.2) is 79.6 Å². The highest BCUT2D eigenvalue weighted by atomic mass is 32.2. The molecule has 0 radical (unpaired) electrons. The molecule has 2 aliphatic carbocycles. The third-order valence-corrected chi connectivity index (χ3v) is 12.5. The number of carbonyl (C=O) groups is 1. The van der Waals surface area contributed by atoms with Crippen molar-refractivity contribution in [3.8, 4) is 0 Å². The lowest BCUT2D eigenvalue weighted by Gasteiger charge is -2.44. The largest absolute Gasteiger partial charge is 0.381 e. The zero-order valence-electron chi connectivity index (χ0n) is 19.9. The fourth-order valence-electron chi connectivity index (χ4n) is 6.65. The van der Waals surface area contributed by atoms with Gasteiger partial charge in [0.05, 0.1) is 17.3 Å². The number of methoxy groups -OCH3 is 1. The Hall–Kier alpha value is -0.390. The Balaban J connectivity index is 1.18. The van der Waals surface area contributed by atoms with Crippen molar-refractivity contribution in [1.82, 2.24) is 20.3 Å². The van der Waals surface area contributed by atoms with Gasteiger partial charge in [-0.1, -0.05) is 19.3 Å². The number of ether oxygens (including phenoxy) is 1. The summed E-state index contributed by atoms with van der Waals surface area (Å²) >= 11 is 1.68. The number of piperidine rings is 1. The van der Waals surface area contributed by atoms with Crippen LogP contribution in [0.2, 0.25) is 0 Å². The summed E-state index contributed by atoms with van der Waals surface area (Å²) in [7, 11) is -1.35. The zero-order chi connectivity index (χ0) is 23.2. The molecular weight excluding hydrogens is 460 g/mol. The number of amides is 1. The van der Waals surface area contributed by atoms with E-state index in [1.165, 1.54) is 12.8 Å². The van der Waals surface area contributed by atoms with Crippen molar-refractivity contribution < 1.29 is 17.9 Å². The maximum Gasteiger partial charge on any atom is 0.226 e. The second kappa shape index (κ2) is 9.93. The van der Waals surface area contributed by atoms with Crippen LogP contribution in [0.4, 0.5) is 0 Å². The molecule has 33 heavy (non-hydrogen) atoms. The summed E-state index contributed by atoms with van der Waals surface area (Å²) in [5.41, 5.74) is -0.148. The lowest BCUT2D eigenvalue weighted by atomic mass is 9.68. The third-order valence-electron chi connectivity index (χ3n) is 8.79. The molecule has 1 amide bonds. The molecule has 0 aromatic heterocycles. The molecule has 8 nitrogen and oxygen atoms in total. The molecule has 8 atom stereocenters. The molecule has 188 valence electrons. The summed E-state index contributed by atoms with van der Waals surface area (Å²) in [4.78, 5) is 13.4. The van der Waals surface area contributed by atoms with Crippen LogP contribution in [0.1, 0.15) is 58.3 Å². The Kier molecular flexibility index (Phi) is 7.32. The van der Waals surface area contributed by atoms with Crippen LogP contribution in [-0.2, 0) is 19.6 Å². The predicted molar refractivity (Wildman–Crippen MR) is 130 cm³/mol. The standard InChI is InChI=1S/C23H40N4O4S2/c1-14-10-17(16-8-3-4-9-20(16)31-2)18(11-24-14)22(28)26-23-25-19-12-27(13-21(19)32-23)33(29,30)15-6-5-7-15/h14-21,23-25H,3-13H2,1-2H3,(H,26,28). The smallest absolute Gasteiger partial charge is 0.226 e. The normalized spacial score (nSPS) is 42.6. The van der Waals surface area contributed by atoms with Gasteiger partial charge < -0.3 is 15.4 Å². The van der Waals surface area contributed by atoms with Crippen LogP contribution in [0.25, 0.3) is 0 Å². The second-order valence-corrected chi connectivity index (χ2v) is 14.4. The average molecular weight is 501 g/mol. The van der Waals surface area contributed by atoms with E-state index in [4.69, 9.17) is 4.74 Å². The fourth-order valence-corrected chi connectivity index (χ4v) is 10.2. The molecule has 3 saturated heterocycles. The molecule has 0 bridgehead atoms. The van der Waals surface area contributed by atoms with Gasteiger partial charge in [0.25, 0.3) is 0 Å². The third kappa shape index (κ3) is 4.85. The van der Waals surface area contributed by atoms with Crippen molar-refractivity contribution in [3.63, 3.8) is 0 Å². The molecule has 5 rings (SSSR count). The summed E-state index contributed by atoms with van der Waals surface area (Å²) in [6.45, 7) is 3.99. The van der Waals surface area contributed by atoms with E-state index in [-0.39, 0.29) is 40.0 Å². The van der Waals surface area contributed by atoms with E-state index < -0.39 is 10.0 Å². The highest BCUT2D eigenvalue weighted by Gasteiger charge is 2.49. The quantitative estimate of drug-likeness (QED) is 0.508. The minimum absolute atomic E-state index is 0.0553. The summed E-state index contributed by atoms with van der Waals surface area (Å²) in [5, 5.41) is 10.3. The molecule has 10 heteroatoms. The summed E-state index contributed by atoms with van der Waals surface area (Å²) < 4.78 is 33.1. The molecule has 3 heterocycles. The molecular formula is C23H40N4O4S2. The molecule has 5 aliphatic rings. The van der Waals surface area contributed by atoms with E-state index in [0.717, 1.165) is 38.5 Å². The van der Waals surface area contributed by atoms with E-state index in [0.29, 0.717) is 37.5 Å². The molecule has 5 fully saturated rings. The SMILES string of the molecule is COC1CCCCC1C1CC(C)NCC1C(=O)NC1NC2CN(S(=O)(=O)C3CCC3)CC2S1. The van der Waals surface area contributed by atoms with Gasteiger partial charge in [-0.15, -0.1) is 11.8 Å². The van der Waals surface area contributed by atoms with Crippen molar-refractivity contribution in [2.24, 2.45) is 17.8 Å². The lowest BCUT2D eigenvalue weighted by molar-refractivity contribution is -0.130. The molecule has 0 aromatic rings. The number of hydrogen-bond donors (Lipinski definition) is 3. The average Bonchev–Trinajstić information content (AvgIpc) is 3.31. The number of hydrogen-bond acceptors (Lipinski definition) is 7. The van der Waals surface area contributed by atoms with E-state index >= 15 is 0 Å². The van der Waals surface area contributed by atoms with Gasteiger partial charge in [-0.25, -0.2) is 8.42 Å². The molecule has 3 aliphatic heterocycles. The molecule has 0 aromatic carbocycles. The lowest BCUT2D eigenvalue weighted by Crippen LogP contribution is -2.55. The minimum Gasteiger partial charge on any atom is -0.381 e. The summed E-state index contributed by atoms with van der Waals surface area (Å²) in [6, 6.07) is 0.520. The predicted octanol–water partition coefficient (Wildman–Crippen LogP) is 1.48. The number of thioether (sulfide) groups is 1. The van der Waals surface area contributed by atoms with Gasteiger partial charge >= 0.3 is 0 Å². The first-order valence-corrected chi connectivity index (χ1v) is 15.3. The van der Waals surface area contributed by atoms with Gasteiger partial charge in [-0.3, -0.25) is 10.1 Å². The highest BCUT2D eigenvalue weighted by Crippen LogP contribution is 2.41. The zero-order valence-corrected chi connectivity index (χ0v) is 21.5. The summed E-state index contributed by atoms with van der Waals surface area (Å²) in [5.74, 6) is 0.836. The van der Waals surface area contributed by atoms with Crippen molar-refractivity contribution in [3.05, 3.63) is 0 Å². The van der Waals surface area contributed by atoms with Gasteiger partial charge in [0, 0.05) is 44.1 Å². The van der Waals surface area contributed by atoms with E-state index in [1.54, 1.807) is 16.1 Å². The van der Waals surface area contributed by atoms with Crippen LogP contribution in [0.5, 0.6) is 0 Å². The molecule has 0 spiro atoms. The number of rotatable bonds is 6. The van der Waals surface area contributed by atoms with E-state index in [9.17, 15) is 13.2 Å². The van der Waals surface area contributed by atoms with Crippen LogP contribution < -0.4 is 16.0 Å². The first kappa shape index (κ1) is 24.3. The molecule has 8 unspecified atom stereocenters. The molecule has 2 saturated carbocycles. The van der Waals surface area contributed by atoms with Crippen molar-refractivity contribution in [2.75, 3.05) is 26.7 Å². The van der Waals surface area contributed by atoms with Gasteiger partial charge in [-0.05, 0) is 50.9 Å². The van der Waals surface area contributed by atoms with Crippen LogP contribution in [0, 0.1) is 17.8 Å². The topological polar surface area (TPSA) is 99.8 Å². The minimum atomic E-state index is -3.16. The summed E-state index contributed by atoms with van der Waals surface area (Å²) in [6.07, 6.45) is 8.56. The highest BCUT2D eigenvalue weighted by molar-refractivity contribution is 8.00.